The summed E-state index contributed by atoms with van der Waals surface area (Å²) >= 11 is 0. The van der Waals surface area contributed by atoms with Crippen LogP contribution in [0.2, 0.25) is 0 Å². The van der Waals surface area contributed by atoms with E-state index < -0.39 is 16.8 Å². The fraction of sp³-hybridized carbons (Fsp3) is 0.217. The van der Waals surface area contributed by atoms with Crippen molar-refractivity contribution in [2.45, 2.75) is 30.7 Å². The lowest BCUT2D eigenvalue weighted by Gasteiger charge is -2.52. The van der Waals surface area contributed by atoms with Crippen LogP contribution in [0.4, 0.5) is 0 Å². The minimum absolute atomic E-state index is 0.636. The molecule has 3 aliphatic rings. The Morgan fingerprint density at radius 1 is 0.615 bits per heavy atom. The van der Waals surface area contributed by atoms with Crippen LogP contribution in [-0.4, -0.2) is 15.3 Å². The molecule has 0 aliphatic heterocycles. The monoisotopic (exact) mass is 344 g/mol. The predicted molar refractivity (Wildman–Crippen MR) is 98.8 cm³/mol. The summed E-state index contributed by atoms with van der Waals surface area (Å²) in [5, 5.41) is 34.4. The molecule has 3 N–H and O–H groups in total. The van der Waals surface area contributed by atoms with Crippen molar-refractivity contribution in [1.82, 2.24) is 0 Å². The Morgan fingerprint density at radius 2 is 1.00 bits per heavy atom. The van der Waals surface area contributed by atoms with Crippen LogP contribution in [0.25, 0.3) is 0 Å². The molecular weight excluding hydrogens is 324 g/mol. The highest BCUT2D eigenvalue weighted by Gasteiger charge is 2.57. The Balaban J connectivity index is 1.95. The first kappa shape index (κ1) is 15.8. The zero-order chi connectivity index (χ0) is 18.3. The molecule has 3 aromatic rings. The maximum atomic E-state index is 12.0. The van der Waals surface area contributed by atoms with E-state index in [1.54, 1.807) is 13.8 Å². The Bertz CT molecular complexity index is 1010. The van der Waals surface area contributed by atoms with Crippen LogP contribution in [0.1, 0.15) is 52.8 Å². The molecule has 0 fully saturated rings. The fourth-order valence-electron chi connectivity index (χ4n) is 4.64. The van der Waals surface area contributed by atoms with Crippen molar-refractivity contribution in [3.05, 3.63) is 106 Å². The van der Waals surface area contributed by atoms with E-state index in [4.69, 9.17) is 0 Å². The molecule has 0 heterocycles. The number of aliphatic hydroxyl groups is 3. The van der Waals surface area contributed by atoms with Crippen LogP contribution < -0.4 is 0 Å². The summed E-state index contributed by atoms with van der Waals surface area (Å²) in [7, 11) is 0. The van der Waals surface area contributed by atoms with E-state index >= 15 is 0 Å². The quantitative estimate of drug-likeness (QED) is 0.636. The van der Waals surface area contributed by atoms with Gasteiger partial charge in [0.05, 0.1) is 5.60 Å². The van der Waals surface area contributed by atoms with Crippen LogP contribution in [0.3, 0.4) is 0 Å². The van der Waals surface area contributed by atoms with Crippen LogP contribution in [-0.2, 0) is 16.8 Å². The van der Waals surface area contributed by atoms with Crippen molar-refractivity contribution in [2.75, 3.05) is 0 Å². The van der Waals surface area contributed by atoms with Gasteiger partial charge in [-0.2, -0.15) is 0 Å². The van der Waals surface area contributed by atoms with Crippen LogP contribution in [0.15, 0.2) is 66.7 Å². The topological polar surface area (TPSA) is 60.7 Å². The Morgan fingerprint density at radius 3 is 1.42 bits per heavy atom. The molecule has 0 spiro atoms. The second kappa shape index (κ2) is 4.63. The minimum atomic E-state index is -1.35. The minimum Gasteiger partial charge on any atom is -0.386 e. The van der Waals surface area contributed by atoms with Gasteiger partial charge in [0.2, 0.25) is 0 Å². The van der Waals surface area contributed by atoms with E-state index in [0.717, 1.165) is 0 Å². The van der Waals surface area contributed by atoms with Crippen molar-refractivity contribution in [2.24, 2.45) is 0 Å². The molecule has 0 saturated heterocycles. The SMILES string of the molecule is CC(C)(O)c1ccc2c(c1)C1(O)c3ccccc3C2(O)c2ccccc21. The van der Waals surface area contributed by atoms with Gasteiger partial charge in [0.15, 0.2) is 0 Å². The van der Waals surface area contributed by atoms with E-state index in [9.17, 15) is 15.3 Å². The van der Waals surface area contributed by atoms with Gasteiger partial charge in [-0.05, 0) is 58.9 Å². The Kier molecular flexibility index (Phi) is 2.81. The van der Waals surface area contributed by atoms with Gasteiger partial charge < -0.3 is 15.3 Å². The number of hydrogen-bond donors (Lipinski definition) is 3. The summed E-state index contributed by atoms with van der Waals surface area (Å²) < 4.78 is 0. The fourth-order valence-corrected chi connectivity index (χ4v) is 4.64. The molecule has 0 radical (unpaired) electrons. The first-order valence-corrected chi connectivity index (χ1v) is 8.81. The maximum absolute atomic E-state index is 12.0. The van der Waals surface area contributed by atoms with Gasteiger partial charge in [-0.3, -0.25) is 0 Å². The van der Waals surface area contributed by atoms with E-state index in [1.165, 1.54) is 0 Å². The summed E-state index contributed by atoms with van der Waals surface area (Å²) in [4.78, 5) is 0. The number of benzene rings is 3. The molecule has 0 aromatic heterocycles. The molecule has 0 amide bonds. The highest BCUT2D eigenvalue weighted by molar-refractivity contribution is 5.72. The van der Waals surface area contributed by atoms with Gasteiger partial charge in [-0.15, -0.1) is 0 Å². The highest BCUT2D eigenvalue weighted by Crippen LogP contribution is 2.59. The average Bonchev–Trinajstić information content (AvgIpc) is 2.64. The molecule has 3 aromatic carbocycles. The standard InChI is InChI=1S/C23H20O3/c1-21(2,24)14-11-12-19-20(13-14)23(26)17-9-5-3-7-15(17)22(19,25)16-8-4-6-10-18(16)23/h3-13,24-26H,1-2H3. The van der Waals surface area contributed by atoms with E-state index in [0.29, 0.717) is 38.9 Å². The van der Waals surface area contributed by atoms with Crippen LogP contribution >= 0.6 is 0 Å². The second-order valence-electron chi connectivity index (χ2n) is 7.83. The lowest BCUT2D eigenvalue weighted by molar-refractivity contribution is 0.0475. The van der Waals surface area contributed by atoms with Crippen molar-refractivity contribution in [1.29, 1.82) is 0 Å². The zero-order valence-corrected chi connectivity index (χ0v) is 14.7. The second-order valence-corrected chi connectivity index (χ2v) is 7.83. The van der Waals surface area contributed by atoms with Gasteiger partial charge in [0, 0.05) is 0 Å². The number of hydrogen-bond acceptors (Lipinski definition) is 3. The lowest BCUT2D eigenvalue weighted by atomic mass is 9.56. The van der Waals surface area contributed by atoms with Gasteiger partial charge in [0.25, 0.3) is 0 Å². The van der Waals surface area contributed by atoms with Crippen molar-refractivity contribution >= 4 is 0 Å². The van der Waals surface area contributed by atoms with Gasteiger partial charge in [-0.1, -0.05) is 60.7 Å². The summed E-state index contributed by atoms with van der Waals surface area (Å²) in [6.45, 7) is 3.44. The largest absolute Gasteiger partial charge is 0.386 e. The third kappa shape index (κ3) is 1.64. The lowest BCUT2D eigenvalue weighted by Crippen LogP contribution is -2.51. The molecule has 0 saturated carbocycles. The normalized spacial score (nSPS) is 25.4. The molecule has 26 heavy (non-hydrogen) atoms. The van der Waals surface area contributed by atoms with E-state index in [2.05, 4.69) is 0 Å². The van der Waals surface area contributed by atoms with Gasteiger partial charge in [-0.25, -0.2) is 0 Å². The van der Waals surface area contributed by atoms with Crippen LogP contribution in [0, 0.1) is 0 Å². The molecule has 0 atom stereocenters. The average molecular weight is 344 g/mol. The van der Waals surface area contributed by atoms with Gasteiger partial charge >= 0.3 is 0 Å². The molecular formula is C23H20O3. The van der Waals surface area contributed by atoms with E-state index in [1.807, 2.05) is 66.7 Å². The highest BCUT2D eigenvalue weighted by atomic mass is 16.3. The predicted octanol–water partition coefficient (Wildman–Crippen LogP) is 3.11. The van der Waals surface area contributed by atoms with E-state index in [-0.39, 0.29) is 0 Å². The zero-order valence-electron chi connectivity index (χ0n) is 14.7. The Labute approximate surface area is 152 Å². The summed E-state index contributed by atoms with van der Waals surface area (Å²) in [6, 6.07) is 20.5. The molecule has 6 rings (SSSR count). The third-order valence-corrected chi connectivity index (χ3v) is 5.92. The summed E-state index contributed by atoms with van der Waals surface area (Å²) in [5.41, 5.74) is 1.12. The first-order valence-electron chi connectivity index (χ1n) is 8.81. The summed E-state index contributed by atoms with van der Waals surface area (Å²) in [5.74, 6) is 0. The summed E-state index contributed by atoms with van der Waals surface area (Å²) in [6.07, 6.45) is 0. The Hall–Kier alpha value is -2.46. The molecule has 2 bridgehead atoms. The molecule has 130 valence electrons. The molecule has 3 nitrogen and oxygen atoms in total. The van der Waals surface area contributed by atoms with Crippen molar-refractivity contribution in [3.63, 3.8) is 0 Å². The van der Waals surface area contributed by atoms with Gasteiger partial charge in [0.1, 0.15) is 11.2 Å². The molecule has 3 heteroatoms. The molecule has 3 aliphatic carbocycles. The van der Waals surface area contributed by atoms with Crippen LogP contribution in [0.5, 0.6) is 0 Å². The van der Waals surface area contributed by atoms with Crippen molar-refractivity contribution in [3.8, 4) is 0 Å². The third-order valence-electron chi connectivity index (χ3n) is 5.92. The molecule has 0 unspecified atom stereocenters. The van der Waals surface area contributed by atoms with Crippen molar-refractivity contribution < 1.29 is 15.3 Å². The first-order chi connectivity index (χ1) is 12.3. The number of rotatable bonds is 1. The smallest absolute Gasteiger partial charge is 0.141 e. The maximum Gasteiger partial charge on any atom is 0.141 e.